The van der Waals surface area contributed by atoms with E-state index in [1.54, 1.807) is 4.90 Å². The molecule has 3 rings (SSSR count). The summed E-state index contributed by atoms with van der Waals surface area (Å²) in [5.41, 5.74) is 3.19. The standard InChI is InChI=1S/C23H26BrNO2Si/c1-6-21-17-11-9-13-22(27-28(4,5)16(2)3)18(17)14-15-25(21)23(26)19-10-7-8-12-20(19)24/h6-16,21H,1H2,2-5H3. The molecule has 1 amide bonds. The number of fused-ring (bicyclic) bond motifs is 1. The Morgan fingerprint density at radius 2 is 1.93 bits per heavy atom. The van der Waals surface area contributed by atoms with Crippen LogP contribution in [-0.4, -0.2) is 19.1 Å². The Labute approximate surface area is 177 Å². The van der Waals surface area contributed by atoms with Crippen molar-refractivity contribution < 1.29 is 9.22 Å². The summed E-state index contributed by atoms with van der Waals surface area (Å²) in [5.74, 6) is 0.821. The van der Waals surface area contributed by atoms with Crippen molar-refractivity contribution in [2.75, 3.05) is 0 Å². The first-order valence-electron chi connectivity index (χ1n) is 9.46. The van der Waals surface area contributed by atoms with Gasteiger partial charge in [-0.3, -0.25) is 4.79 Å². The summed E-state index contributed by atoms with van der Waals surface area (Å²) in [5, 5.41) is 0. The third-order valence-corrected chi connectivity index (χ3v) is 9.66. The molecule has 0 saturated carbocycles. The van der Waals surface area contributed by atoms with Gasteiger partial charge in [0.25, 0.3) is 5.91 Å². The molecule has 28 heavy (non-hydrogen) atoms. The third-order valence-electron chi connectivity index (χ3n) is 5.45. The van der Waals surface area contributed by atoms with E-state index in [-0.39, 0.29) is 11.9 Å². The van der Waals surface area contributed by atoms with Gasteiger partial charge in [0.2, 0.25) is 8.32 Å². The van der Waals surface area contributed by atoms with Crippen LogP contribution in [-0.2, 0) is 0 Å². The average molecular weight is 456 g/mol. The van der Waals surface area contributed by atoms with Gasteiger partial charge in [-0.15, -0.1) is 6.58 Å². The highest BCUT2D eigenvalue weighted by atomic mass is 79.9. The van der Waals surface area contributed by atoms with Crippen molar-refractivity contribution in [3.63, 3.8) is 0 Å². The summed E-state index contributed by atoms with van der Waals surface area (Å²) in [7, 11) is -1.86. The van der Waals surface area contributed by atoms with Crippen LogP contribution in [0.25, 0.3) is 6.08 Å². The molecule has 5 heteroatoms. The van der Waals surface area contributed by atoms with Crippen LogP contribution in [0.4, 0.5) is 0 Å². The monoisotopic (exact) mass is 455 g/mol. The summed E-state index contributed by atoms with van der Waals surface area (Å²) in [4.78, 5) is 14.9. The van der Waals surface area contributed by atoms with Gasteiger partial charge in [0.15, 0.2) is 0 Å². The van der Waals surface area contributed by atoms with E-state index >= 15 is 0 Å². The molecule has 0 spiro atoms. The summed E-state index contributed by atoms with van der Waals surface area (Å²) >= 11 is 3.48. The van der Waals surface area contributed by atoms with Crippen LogP contribution < -0.4 is 4.43 Å². The first kappa shape index (κ1) is 20.6. The molecule has 3 nitrogen and oxygen atoms in total. The van der Waals surface area contributed by atoms with E-state index in [2.05, 4.69) is 49.5 Å². The highest BCUT2D eigenvalue weighted by Crippen LogP contribution is 2.39. The van der Waals surface area contributed by atoms with Gasteiger partial charge in [-0.2, -0.15) is 0 Å². The van der Waals surface area contributed by atoms with E-state index in [0.29, 0.717) is 11.1 Å². The number of carbonyl (C=O) groups excluding carboxylic acids is 1. The second-order valence-electron chi connectivity index (χ2n) is 7.81. The Hall–Kier alpha value is -2.11. The van der Waals surface area contributed by atoms with Crippen LogP contribution in [0, 0.1) is 0 Å². The topological polar surface area (TPSA) is 29.5 Å². The predicted octanol–water partition coefficient (Wildman–Crippen LogP) is 6.80. The minimum atomic E-state index is -1.86. The van der Waals surface area contributed by atoms with E-state index in [4.69, 9.17) is 4.43 Å². The number of hydrogen-bond acceptors (Lipinski definition) is 2. The Morgan fingerprint density at radius 3 is 2.57 bits per heavy atom. The summed E-state index contributed by atoms with van der Waals surface area (Å²) < 4.78 is 7.28. The van der Waals surface area contributed by atoms with Gasteiger partial charge in [-0.1, -0.05) is 44.2 Å². The van der Waals surface area contributed by atoms with Crippen molar-refractivity contribution in [3.8, 4) is 5.75 Å². The Bertz CT molecular complexity index is 936. The summed E-state index contributed by atoms with van der Waals surface area (Å²) in [6, 6.07) is 13.3. The molecule has 1 heterocycles. The maximum atomic E-state index is 13.2. The van der Waals surface area contributed by atoms with Crippen molar-refractivity contribution in [2.45, 2.75) is 38.5 Å². The molecule has 1 aliphatic rings. The first-order valence-corrected chi connectivity index (χ1v) is 13.2. The smallest absolute Gasteiger partial charge is 0.259 e. The fourth-order valence-electron chi connectivity index (χ4n) is 3.09. The Kier molecular flexibility index (Phi) is 5.96. The molecular formula is C23H26BrNO2Si. The maximum Gasteiger partial charge on any atom is 0.259 e. The van der Waals surface area contributed by atoms with Crippen LogP contribution >= 0.6 is 15.9 Å². The number of benzene rings is 2. The highest BCUT2D eigenvalue weighted by molar-refractivity contribution is 9.10. The molecule has 0 saturated heterocycles. The third kappa shape index (κ3) is 3.87. The van der Waals surface area contributed by atoms with Crippen molar-refractivity contribution in [3.05, 3.63) is 82.5 Å². The number of rotatable bonds is 5. The fourth-order valence-corrected chi connectivity index (χ4v) is 4.53. The molecule has 1 aliphatic heterocycles. The van der Waals surface area contributed by atoms with Gasteiger partial charge in [-0.05, 0) is 64.4 Å². The van der Waals surface area contributed by atoms with Crippen LogP contribution in [0.2, 0.25) is 18.6 Å². The van der Waals surface area contributed by atoms with Crippen LogP contribution in [0.5, 0.6) is 5.75 Å². The minimum absolute atomic E-state index is 0.0671. The number of nitrogens with zero attached hydrogens (tertiary/aromatic N) is 1. The summed E-state index contributed by atoms with van der Waals surface area (Å²) in [6.07, 6.45) is 5.63. The van der Waals surface area contributed by atoms with E-state index in [9.17, 15) is 4.79 Å². The lowest BCUT2D eigenvalue weighted by molar-refractivity contribution is 0.0790. The van der Waals surface area contributed by atoms with Crippen molar-refractivity contribution in [2.24, 2.45) is 0 Å². The van der Waals surface area contributed by atoms with E-state index in [0.717, 1.165) is 21.3 Å². The van der Waals surface area contributed by atoms with Crippen LogP contribution in [0.15, 0.2) is 65.8 Å². The number of halogens is 1. The van der Waals surface area contributed by atoms with Gasteiger partial charge >= 0.3 is 0 Å². The lowest BCUT2D eigenvalue weighted by atomic mass is 9.94. The van der Waals surface area contributed by atoms with Crippen molar-refractivity contribution in [1.82, 2.24) is 4.90 Å². The zero-order valence-electron chi connectivity index (χ0n) is 16.8. The highest BCUT2D eigenvalue weighted by Gasteiger charge is 2.32. The fraction of sp³-hybridized carbons (Fsp3) is 0.261. The molecule has 0 N–H and O–H groups in total. The van der Waals surface area contributed by atoms with Crippen LogP contribution in [0.1, 0.15) is 41.4 Å². The van der Waals surface area contributed by atoms with Crippen LogP contribution in [0.3, 0.4) is 0 Å². The molecule has 0 aliphatic carbocycles. The van der Waals surface area contributed by atoms with E-state index < -0.39 is 8.32 Å². The SMILES string of the molecule is C=CC1c2cccc(O[Si](C)(C)C(C)C)c2C=CN1C(=O)c1ccccc1Br. The average Bonchev–Trinajstić information content (AvgIpc) is 2.66. The predicted molar refractivity (Wildman–Crippen MR) is 122 cm³/mol. The molecule has 146 valence electrons. The molecule has 1 atom stereocenters. The van der Waals surface area contributed by atoms with Gasteiger partial charge in [-0.25, -0.2) is 0 Å². The molecule has 0 aromatic heterocycles. The molecule has 0 radical (unpaired) electrons. The molecular weight excluding hydrogens is 430 g/mol. The number of carbonyl (C=O) groups is 1. The van der Waals surface area contributed by atoms with Gasteiger partial charge < -0.3 is 9.33 Å². The molecule has 2 aromatic carbocycles. The normalized spacial score (nSPS) is 16.1. The number of amides is 1. The Morgan fingerprint density at radius 1 is 1.21 bits per heavy atom. The zero-order chi connectivity index (χ0) is 20.5. The van der Waals surface area contributed by atoms with Gasteiger partial charge in [0.1, 0.15) is 5.75 Å². The van der Waals surface area contributed by atoms with E-state index in [1.807, 2.05) is 60.8 Å². The largest absolute Gasteiger partial charge is 0.543 e. The molecule has 1 unspecified atom stereocenters. The van der Waals surface area contributed by atoms with Crippen molar-refractivity contribution >= 4 is 36.2 Å². The second-order valence-corrected chi connectivity index (χ2v) is 13.2. The maximum absolute atomic E-state index is 13.2. The van der Waals surface area contributed by atoms with Gasteiger partial charge in [0, 0.05) is 16.2 Å². The number of hydrogen-bond donors (Lipinski definition) is 0. The molecule has 0 bridgehead atoms. The van der Waals surface area contributed by atoms with Crippen molar-refractivity contribution in [1.29, 1.82) is 0 Å². The second kappa shape index (κ2) is 8.09. The molecule has 2 aromatic rings. The zero-order valence-corrected chi connectivity index (χ0v) is 19.4. The van der Waals surface area contributed by atoms with Gasteiger partial charge in [0.05, 0.1) is 11.6 Å². The lowest BCUT2D eigenvalue weighted by Crippen LogP contribution is -2.38. The minimum Gasteiger partial charge on any atom is -0.543 e. The molecule has 0 fully saturated rings. The first-order chi connectivity index (χ1) is 13.3. The Balaban J connectivity index is 2.00. The van der Waals surface area contributed by atoms with E-state index in [1.165, 1.54) is 0 Å². The summed E-state index contributed by atoms with van der Waals surface area (Å²) in [6.45, 7) is 12.9. The quantitative estimate of drug-likeness (QED) is 0.366. The lowest BCUT2D eigenvalue weighted by Gasteiger charge is -2.34.